The molecule has 0 spiro atoms. The van der Waals surface area contributed by atoms with Gasteiger partial charge in [-0.1, -0.05) is 13.8 Å². The van der Waals surface area contributed by atoms with Crippen molar-refractivity contribution < 1.29 is 24.2 Å². The van der Waals surface area contributed by atoms with E-state index in [1.807, 2.05) is 0 Å². The second-order valence-electron chi connectivity index (χ2n) is 2.95. The summed E-state index contributed by atoms with van der Waals surface area (Å²) in [5, 5.41) is 7.99. The van der Waals surface area contributed by atoms with Crippen molar-refractivity contribution in [1.82, 2.24) is 0 Å². The summed E-state index contributed by atoms with van der Waals surface area (Å²) in [5.74, 6) is -1.62. The van der Waals surface area contributed by atoms with E-state index in [0.717, 1.165) is 0 Å². The molecule has 0 aliphatic heterocycles. The van der Waals surface area contributed by atoms with E-state index in [1.165, 1.54) is 14.0 Å². The second kappa shape index (κ2) is 8.22. The molecule has 5 heteroatoms. The topological polar surface area (TPSA) is 80.7 Å². The minimum absolute atomic E-state index is 0.115. The summed E-state index contributed by atoms with van der Waals surface area (Å²) >= 11 is 0. The molecule has 0 fully saturated rings. The first kappa shape index (κ1) is 15.1. The number of ketones is 1. The highest BCUT2D eigenvalue weighted by molar-refractivity contribution is 5.93. The Kier molecular flexibility index (Phi) is 8.86. The van der Waals surface area contributed by atoms with Crippen LogP contribution in [0.1, 0.15) is 27.2 Å². The lowest BCUT2D eigenvalue weighted by Gasteiger charge is -1.90. The van der Waals surface area contributed by atoms with Gasteiger partial charge in [0.05, 0.1) is 13.0 Å². The number of ether oxygens (including phenoxy) is 1. The zero-order valence-electron chi connectivity index (χ0n) is 8.86. The van der Waals surface area contributed by atoms with Gasteiger partial charge in [0.1, 0.15) is 12.2 Å². The molecule has 5 nitrogen and oxygen atoms in total. The van der Waals surface area contributed by atoms with Crippen molar-refractivity contribution in [2.24, 2.45) is 5.92 Å². The molecule has 0 atom stereocenters. The number of carboxylic acids is 1. The van der Waals surface area contributed by atoms with Crippen LogP contribution >= 0.6 is 0 Å². The maximum atomic E-state index is 10.2. The van der Waals surface area contributed by atoms with Gasteiger partial charge in [-0.05, 0) is 6.92 Å². The van der Waals surface area contributed by atoms with Crippen LogP contribution in [0, 0.1) is 5.92 Å². The highest BCUT2D eigenvalue weighted by Crippen LogP contribution is 1.87. The molecule has 82 valence electrons. The van der Waals surface area contributed by atoms with E-state index >= 15 is 0 Å². The van der Waals surface area contributed by atoms with Gasteiger partial charge >= 0.3 is 11.9 Å². The maximum Gasteiger partial charge on any atom is 0.313 e. The van der Waals surface area contributed by atoms with Gasteiger partial charge in [-0.25, -0.2) is 0 Å². The van der Waals surface area contributed by atoms with Crippen LogP contribution in [0.4, 0.5) is 0 Å². The fourth-order valence-corrected chi connectivity index (χ4v) is 0.275. The van der Waals surface area contributed by atoms with Gasteiger partial charge in [0.2, 0.25) is 0 Å². The van der Waals surface area contributed by atoms with Crippen LogP contribution < -0.4 is 0 Å². The minimum Gasteiger partial charge on any atom is -0.481 e. The van der Waals surface area contributed by atoms with Crippen molar-refractivity contribution in [3.63, 3.8) is 0 Å². The van der Waals surface area contributed by atoms with Crippen LogP contribution in [0.3, 0.4) is 0 Å². The Morgan fingerprint density at radius 3 is 1.71 bits per heavy atom. The molecular weight excluding hydrogens is 188 g/mol. The van der Waals surface area contributed by atoms with Gasteiger partial charge in [-0.2, -0.15) is 0 Å². The normalized spacial score (nSPS) is 8.64. The smallest absolute Gasteiger partial charge is 0.313 e. The molecule has 14 heavy (non-hydrogen) atoms. The van der Waals surface area contributed by atoms with Gasteiger partial charge in [-0.15, -0.1) is 0 Å². The third-order valence-electron chi connectivity index (χ3n) is 1.11. The molecule has 0 aliphatic rings. The SMILES string of the molecule is CC(C)C(=O)O.COC(=O)CC(C)=O. The van der Waals surface area contributed by atoms with Gasteiger partial charge in [0, 0.05) is 0 Å². The van der Waals surface area contributed by atoms with E-state index in [2.05, 4.69) is 4.74 Å². The Balaban J connectivity index is 0. The number of Topliss-reactive ketones (excluding diaryl/α,β-unsaturated/α-hetero) is 1. The maximum absolute atomic E-state index is 10.2. The third-order valence-corrected chi connectivity index (χ3v) is 1.11. The first-order valence-electron chi connectivity index (χ1n) is 4.10. The van der Waals surface area contributed by atoms with Crippen molar-refractivity contribution in [3.8, 4) is 0 Å². The molecule has 0 aromatic heterocycles. The molecule has 0 aromatic rings. The quantitative estimate of drug-likeness (QED) is 0.544. The summed E-state index contributed by atoms with van der Waals surface area (Å²) in [7, 11) is 1.26. The first-order chi connectivity index (χ1) is 6.31. The Morgan fingerprint density at radius 1 is 1.29 bits per heavy atom. The van der Waals surface area contributed by atoms with Crippen LogP contribution in [0.2, 0.25) is 0 Å². The summed E-state index contributed by atoms with van der Waals surface area (Å²) in [6, 6.07) is 0. The minimum atomic E-state index is -0.741. The van der Waals surface area contributed by atoms with Gasteiger partial charge < -0.3 is 9.84 Å². The summed E-state index contributed by atoms with van der Waals surface area (Å²) in [4.78, 5) is 30.0. The molecule has 0 unspecified atom stereocenters. The zero-order chi connectivity index (χ0) is 11.7. The lowest BCUT2D eigenvalue weighted by Crippen LogP contribution is -2.05. The predicted octanol–water partition coefficient (Wildman–Crippen LogP) is 0.865. The molecule has 0 amide bonds. The Hall–Kier alpha value is -1.39. The number of hydrogen-bond donors (Lipinski definition) is 1. The second-order valence-corrected chi connectivity index (χ2v) is 2.95. The zero-order valence-corrected chi connectivity index (χ0v) is 8.86. The summed E-state index contributed by atoms with van der Waals surface area (Å²) in [6.45, 7) is 4.63. The number of methoxy groups -OCH3 is 1. The van der Waals surface area contributed by atoms with Crippen LogP contribution in [0.15, 0.2) is 0 Å². The van der Waals surface area contributed by atoms with E-state index in [9.17, 15) is 14.4 Å². The lowest BCUT2D eigenvalue weighted by atomic mass is 10.2. The third kappa shape index (κ3) is 13.2. The average molecular weight is 204 g/mol. The molecule has 1 N–H and O–H groups in total. The number of esters is 1. The van der Waals surface area contributed by atoms with Crippen LogP contribution in [-0.4, -0.2) is 29.9 Å². The highest BCUT2D eigenvalue weighted by atomic mass is 16.5. The number of carboxylic acid groups (broad SMARTS) is 1. The average Bonchev–Trinajstić information content (AvgIpc) is 2.04. The number of carbonyl (C=O) groups excluding carboxylic acids is 2. The highest BCUT2D eigenvalue weighted by Gasteiger charge is 2.01. The Morgan fingerprint density at radius 2 is 1.64 bits per heavy atom. The van der Waals surface area contributed by atoms with E-state index < -0.39 is 11.9 Å². The fourth-order valence-electron chi connectivity index (χ4n) is 0.275. The first-order valence-corrected chi connectivity index (χ1v) is 4.10. The van der Waals surface area contributed by atoms with Gasteiger partial charge in [0.15, 0.2) is 0 Å². The Bertz CT molecular complexity index is 207. The monoisotopic (exact) mass is 204 g/mol. The van der Waals surface area contributed by atoms with Crippen molar-refractivity contribution in [2.75, 3.05) is 7.11 Å². The number of aliphatic carboxylic acids is 1. The van der Waals surface area contributed by atoms with Crippen LogP contribution in [-0.2, 0) is 19.1 Å². The molecule has 0 bridgehead atoms. The summed E-state index contributed by atoms with van der Waals surface area (Å²) in [5.41, 5.74) is 0. The van der Waals surface area contributed by atoms with E-state index in [1.54, 1.807) is 13.8 Å². The van der Waals surface area contributed by atoms with Crippen molar-refractivity contribution in [2.45, 2.75) is 27.2 Å². The summed E-state index contributed by atoms with van der Waals surface area (Å²) in [6.07, 6.45) is -0.115. The molecule has 0 heterocycles. The summed E-state index contributed by atoms with van der Waals surface area (Å²) < 4.78 is 4.20. The standard InChI is InChI=1S/C5H8O3.C4H8O2/c1-4(6)3-5(7)8-2;1-3(2)4(5)6/h3H2,1-2H3;3H,1-2H3,(H,5,6). The number of rotatable bonds is 3. The van der Waals surface area contributed by atoms with E-state index in [0.29, 0.717) is 0 Å². The lowest BCUT2D eigenvalue weighted by molar-refractivity contribution is -0.143. The molecular formula is C9H16O5. The molecule has 0 saturated carbocycles. The van der Waals surface area contributed by atoms with E-state index in [-0.39, 0.29) is 18.1 Å². The number of hydrogen-bond acceptors (Lipinski definition) is 4. The Labute approximate surface area is 83.1 Å². The molecule has 0 aromatic carbocycles. The van der Waals surface area contributed by atoms with E-state index in [4.69, 9.17) is 5.11 Å². The molecule has 0 rings (SSSR count). The fraction of sp³-hybridized carbons (Fsp3) is 0.667. The van der Waals surface area contributed by atoms with Crippen LogP contribution in [0.25, 0.3) is 0 Å². The number of carbonyl (C=O) groups is 3. The van der Waals surface area contributed by atoms with Gasteiger partial charge in [0.25, 0.3) is 0 Å². The largest absolute Gasteiger partial charge is 0.481 e. The van der Waals surface area contributed by atoms with Gasteiger partial charge in [-0.3, -0.25) is 14.4 Å². The molecule has 0 saturated heterocycles. The van der Waals surface area contributed by atoms with Crippen LogP contribution in [0.5, 0.6) is 0 Å². The van der Waals surface area contributed by atoms with Crippen molar-refractivity contribution >= 4 is 17.7 Å². The van der Waals surface area contributed by atoms with Crippen molar-refractivity contribution in [1.29, 1.82) is 0 Å². The van der Waals surface area contributed by atoms with Crippen molar-refractivity contribution in [3.05, 3.63) is 0 Å². The molecule has 0 aliphatic carbocycles. The predicted molar refractivity (Wildman–Crippen MR) is 49.8 cm³/mol. The molecule has 0 radical (unpaired) electrons.